The van der Waals surface area contributed by atoms with Gasteiger partial charge in [-0.05, 0) is 60.7 Å². The Morgan fingerprint density at radius 2 is 1.57 bits per heavy atom. The molecule has 0 aliphatic heterocycles. The molecule has 0 bridgehead atoms. The largest absolute Gasteiger partial charge is 0.508 e. The van der Waals surface area contributed by atoms with E-state index in [1.54, 1.807) is 12.1 Å². The number of hydrogen-bond donors (Lipinski definition) is 2. The molecule has 0 aromatic heterocycles. The molecule has 3 aromatic rings. The molecule has 3 aromatic carbocycles. The lowest BCUT2D eigenvalue weighted by molar-refractivity contribution is 0.0525. The number of para-hydroxylation sites is 2. The molecular weight excluding hydrogens is 378 g/mol. The molecule has 0 radical (unpaired) electrons. The minimum absolute atomic E-state index is 0.102. The lowest BCUT2D eigenvalue weighted by atomic mass is 9.94. The van der Waals surface area contributed by atoms with Crippen molar-refractivity contribution in [3.8, 4) is 5.75 Å². The van der Waals surface area contributed by atoms with Crippen molar-refractivity contribution in [2.75, 3.05) is 11.5 Å². The minimum atomic E-state index is -0.788. The lowest BCUT2D eigenvalue weighted by Gasteiger charge is -2.26. The van der Waals surface area contributed by atoms with Crippen LogP contribution < -0.4 is 4.90 Å². The van der Waals surface area contributed by atoms with Crippen molar-refractivity contribution in [2.45, 2.75) is 25.4 Å². The van der Waals surface area contributed by atoms with Crippen LogP contribution in [-0.2, 0) is 11.2 Å². The van der Waals surface area contributed by atoms with Gasteiger partial charge in [0.2, 0.25) is 0 Å². The van der Waals surface area contributed by atoms with Gasteiger partial charge in [-0.25, -0.2) is 9.69 Å². The highest BCUT2D eigenvalue weighted by atomic mass is 16.6. The van der Waals surface area contributed by atoms with E-state index in [9.17, 15) is 15.0 Å². The first-order chi connectivity index (χ1) is 14.6. The first-order valence-corrected chi connectivity index (χ1v) is 10.2. The number of carbonyl (C=O) groups excluding carboxylic acids is 1. The number of phenols is 1. The molecule has 5 heteroatoms. The molecule has 5 nitrogen and oxygen atoms in total. The van der Waals surface area contributed by atoms with Crippen LogP contribution in [0.2, 0.25) is 0 Å². The summed E-state index contributed by atoms with van der Waals surface area (Å²) in [6.45, 7) is 0.102. The predicted octanol–water partition coefficient (Wildman–Crippen LogP) is 5.35. The number of phenolic OH excluding ortho intramolecular Hbond substituents is 1. The van der Waals surface area contributed by atoms with Crippen LogP contribution in [0.25, 0.3) is 0 Å². The van der Waals surface area contributed by atoms with E-state index in [4.69, 9.17) is 4.74 Å². The van der Waals surface area contributed by atoms with Gasteiger partial charge in [-0.3, -0.25) is 0 Å². The van der Waals surface area contributed by atoms with Gasteiger partial charge in [-0.15, -0.1) is 0 Å². The second-order valence-corrected chi connectivity index (χ2v) is 7.53. The van der Waals surface area contributed by atoms with E-state index in [2.05, 4.69) is 0 Å². The number of rotatable bonds is 4. The van der Waals surface area contributed by atoms with E-state index < -0.39 is 12.2 Å². The van der Waals surface area contributed by atoms with Crippen molar-refractivity contribution < 1.29 is 19.7 Å². The lowest BCUT2D eigenvalue weighted by Crippen LogP contribution is -2.29. The maximum Gasteiger partial charge on any atom is 0.418 e. The van der Waals surface area contributed by atoms with Crippen molar-refractivity contribution in [1.29, 1.82) is 0 Å². The van der Waals surface area contributed by atoms with E-state index in [0.29, 0.717) is 24.2 Å². The van der Waals surface area contributed by atoms with Gasteiger partial charge in [0.15, 0.2) is 0 Å². The molecule has 0 saturated heterocycles. The summed E-state index contributed by atoms with van der Waals surface area (Å²) in [5.74, 6) is -0.0195. The van der Waals surface area contributed by atoms with Crippen LogP contribution in [0.4, 0.5) is 16.2 Å². The Kier molecular flexibility index (Phi) is 6.00. The van der Waals surface area contributed by atoms with Crippen molar-refractivity contribution >= 4 is 17.5 Å². The first kappa shape index (κ1) is 20.0. The van der Waals surface area contributed by atoms with Gasteiger partial charge in [0.05, 0.1) is 24.1 Å². The Labute approximate surface area is 176 Å². The number of aliphatic hydroxyl groups is 1. The molecule has 1 amide bonds. The zero-order valence-electron chi connectivity index (χ0n) is 16.6. The zero-order chi connectivity index (χ0) is 20.9. The quantitative estimate of drug-likeness (QED) is 0.576. The van der Waals surface area contributed by atoms with Gasteiger partial charge < -0.3 is 14.9 Å². The zero-order valence-corrected chi connectivity index (χ0v) is 16.6. The normalized spacial score (nSPS) is 18.2. The highest BCUT2D eigenvalue weighted by Gasteiger charge is 2.29. The number of fused-ring (bicyclic) bond motifs is 1. The SMILES string of the molecule is O=C(OCC1CCCc2c(O)cccc2C1O)N(c1ccccc1)c1ccccc1. The first-order valence-electron chi connectivity index (χ1n) is 10.2. The van der Waals surface area contributed by atoms with E-state index in [-0.39, 0.29) is 18.3 Å². The molecule has 4 rings (SSSR count). The molecule has 2 unspecified atom stereocenters. The molecule has 0 heterocycles. The Balaban J connectivity index is 1.52. The summed E-state index contributed by atoms with van der Waals surface area (Å²) < 4.78 is 5.69. The number of carbonyl (C=O) groups is 1. The van der Waals surface area contributed by atoms with Gasteiger partial charge in [-0.1, -0.05) is 48.5 Å². The Hall–Kier alpha value is -3.31. The summed E-state index contributed by atoms with van der Waals surface area (Å²) in [6, 6.07) is 23.9. The molecule has 1 aliphatic carbocycles. The fourth-order valence-corrected chi connectivity index (χ4v) is 4.03. The maximum absolute atomic E-state index is 13.1. The fraction of sp³-hybridized carbons (Fsp3) is 0.240. The van der Waals surface area contributed by atoms with E-state index in [0.717, 1.165) is 17.5 Å². The summed E-state index contributed by atoms with van der Waals surface area (Å²) in [7, 11) is 0. The number of ether oxygens (including phenoxy) is 1. The number of aromatic hydroxyl groups is 1. The van der Waals surface area contributed by atoms with Gasteiger partial charge in [0, 0.05) is 5.92 Å². The molecule has 30 heavy (non-hydrogen) atoms. The summed E-state index contributed by atoms with van der Waals surface area (Å²) in [4.78, 5) is 14.6. The second kappa shape index (κ2) is 9.01. The molecule has 2 N–H and O–H groups in total. The average molecular weight is 403 g/mol. The van der Waals surface area contributed by atoms with E-state index >= 15 is 0 Å². The van der Waals surface area contributed by atoms with Gasteiger partial charge >= 0.3 is 6.09 Å². The summed E-state index contributed by atoms with van der Waals surface area (Å²) in [6.07, 6.45) is 0.942. The number of anilines is 2. The van der Waals surface area contributed by atoms with Crippen LogP contribution in [0.1, 0.15) is 30.1 Å². The van der Waals surface area contributed by atoms with Crippen LogP contribution in [0.5, 0.6) is 5.75 Å². The number of benzene rings is 3. The Morgan fingerprint density at radius 3 is 2.20 bits per heavy atom. The van der Waals surface area contributed by atoms with Crippen molar-refractivity contribution in [3.05, 3.63) is 90.0 Å². The van der Waals surface area contributed by atoms with E-state index in [1.165, 1.54) is 4.90 Å². The van der Waals surface area contributed by atoms with Gasteiger partial charge in [0.25, 0.3) is 0 Å². The van der Waals surface area contributed by atoms with Crippen LogP contribution >= 0.6 is 0 Å². The standard InChI is InChI=1S/C25H25NO4/c27-23-16-8-15-22-21(23)14-7-9-18(24(22)28)17-30-25(29)26(19-10-3-1-4-11-19)20-12-5-2-6-13-20/h1-6,8,10-13,15-16,18,24,27-28H,7,9,14,17H2. The highest BCUT2D eigenvalue weighted by Crippen LogP contribution is 2.37. The van der Waals surface area contributed by atoms with Crippen molar-refractivity contribution in [2.24, 2.45) is 5.92 Å². The maximum atomic E-state index is 13.1. The van der Waals surface area contributed by atoms with Crippen LogP contribution in [0.15, 0.2) is 78.9 Å². The number of hydrogen-bond acceptors (Lipinski definition) is 4. The Morgan fingerprint density at radius 1 is 0.933 bits per heavy atom. The molecular formula is C25H25NO4. The highest BCUT2D eigenvalue weighted by molar-refractivity contribution is 5.95. The summed E-state index contributed by atoms with van der Waals surface area (Å²) >= 11 is 0. The summed E-state index contributed by atoms with van der Waals surface area (Å²) in [5.41, 5.74) is 2.93. The van der Waals surface area contributed by atoms with Crippen molar-refractivity contribution in [3.63, 3.8) is 0 Å². The molecule has 154 valence electrons. The van der Waals surface area contributed by atoms with Crippen LogP contribution in [-0.4, -0.2) is 22.9 Å². The van der Waals surface area contributed by atoms with Gasteiger partial charge in [0.1, 0.15) is 5.75 Å². The number of aliphatic hydroxyl groups excluding tert-OH is 1. The monoisotopic (exact) mass is 403 g/mol. The predicted molar refractivity (Wildman–Crippen MR) is 116 cm³/mol. The number of amides is 1. The molecule has 0 fully saturated rings. The molecule has 0 saturated carbocycles. The summed E-state index contributed by atoms with van der Waals surface area (Å²) in [5, 5.41) is 21.0. The Bertz CT molecular complexity index is 951. The average Bonchev–Trinajstić information content (AvgIpc) is 2.94. The second-order valence-electron chi connectivity index (χ2n) is 7.53. The molecule has 2 atom stereocenters. The number of nitrogens with zero attached hydrogens (tertiary/aromatic N) is 1. The minimum Gasteiger partial charge on any atom is -0.508 e. The van der Waals surface area contributed by atoms with Crippen LogP contribution in [0, 0.1) is 5.92 Å². The van der Waals surface area contributed by atoms with E-state index in [1.807, 2.05) is 66.7 Å². The molecule has 0 spiro atoms. The smallest absolute Gasteiger partial charge is 0.418 e. The van der Waals surface area contributed by atoms with Crippen molar-refractivity contribution in [1.82, 2.24) is 0 Å². The third-order valence-corrected chi connectivity index (χ3v) is 5.59. The van der Waals surface area contributed by atoms with Crippen LogP contribution in [0.3, 0.4) is 0 Å². The third kappa shape index (κ3) is 4.16. The molecule has 1 aliphatic rings. The van der Waals surface area contributed by atoms with Gasteiger partial charge in [-0.2, -0.15) is 0 Å². The third-order valence-electron chi connectivity index (χ3n) is 5.59. The topological polar surface area (TPSA) is 70.0 Å². The fourth-order valence-electron chi connectivity index (χ4n) is 4.03.